The van der Waals surface area contributed by atoms with Crippen molar-refractivity contribution in [2.75, 3.05) is 19.6 Å². The highest BCUT2D eigenvalue weighted by Gasteiger charge is 2.30. The summed E-state index contributed by atoms with van der Waals surface area (Å²) in [6, 6.07) is -0.439. The van der Waals surface area contributed by atoms with Gasteiger partial charge in [-0.1, -0.05) is 0 Å². The van der Waals surface area contributed by atoms with Crippen molar-refractivity contribution in [2.24, 2.45) is 5.73 Å². The second-order valence-corrected chi connectivity index (χ2v) is 5.07. The van der Waals surface area contributed by atoms with E-state index < -0.39 is 6.04 Å². The molecule has 0 aliphatic carbocycles. The lowest BCUT2D eigenvalue weighted by molar-refractivity contribution is -0.127. The highest BCUT2D eigenvalue weighted by molar-refractivity contribution is 7.09. The predicted octanol–water partition coefficient (Wildman–Crippen LogP) is -0.395. The summed E-state index contributed by atoms with van der Waals surface area (Å²) in [4.78, 5) is 29.5. The van der Waals surface area contributed by atoms with Crippen molar-refractivity contribution in [3.8, 4) is 0 Å². The Labute approximate surface area is 109 Å². The first-order valence-electron chi connectivity index (χ1n) is 5.86. The lowest BCUT2D eigenvalue weighted by atomic mass is 10.2. The second kappa shape index (κ2) is 5.45. The van der Waals surface area contributed by atoms with Crippen molar-refractivity contribution in [2.45, 2.75) is 19.4 Å². The van der Waals surface area contributed by atoms with Crippen LogP contribution in [0.1, 0.15) is 22.4 Å². The van der Waals surface area contributed by atoms with Gasteiger partial charge < -0.3 is 16.0 Å². The number of hydrogen-bond donors (Lipinski definition) is 2. The van der Waals surface area contributed by atoms with Crippen LogP contribution in [0.3, 0.4) is 0 Å². The quantitative estimate of drug-likeness (QED) is 0.781. The minimum absolute atomic E-state index is 0.119. The van der Waals surface area contributed by atoms with Crippen LogP contribution in [0.15, 0.2) is 5.38 Å². The van der Waals surface area contributed by atoms with Crippen LogP contribution in [-0.4, -0.2) is 47.4 Å². The molecule has 0 saturated carbocycles. The summed E-state index contributed by atoms with van der Waals surface area (Å²) in [5, 5.41) is 5.31. The number of carbonyl (C=O) groups excluding carboxylic acids is 2. The van der Waals surface area contributed by atoms with E-state index in [1.807, 2.05) is 0 Å². The van der Waals surface area contributed by atoms with Crippen molar-refractivity contribution < 1.29 is 9.59 Å². The molecule has 3 N–H and O–H groups in total. The highest BCUT2D eigenvalue weighted by Crippen LogP contribution is 2.14. The largest absolute Gasteiger partial charge is 0.353 e. The molecule has 7 heteroatoms. The molecule has 0 bridgehead atoms. The predicted molar refractivity (Wildman–Crippen MR) is 68.4 cm³/mol. The molecule has 0 aromatic carbocycles. The minimum Gasteiger partial charge on any atom is -0.353 e. The maximum atomic E-state index is 12.2. The molecule has 18 heavy (non-hydrogen) atoms. The first kappa shape index (κ1) is 13.0. The average Bonchev–Trinajstić information content (AvgIpc) is 2.81. The molecule has 1 unspecified atom stereocenters. The van der Waals surface area contributed by atoms with Gasteiger partial charge in [-0.05, 0) is 13.5 Å². The van der Waals surface area contributed by atoms with Crippen LogP contribution < -0.4 is 11.1 Å². The molecule has 1 aliphatic heterocycles. The van der Waals surface area contributed by atoms with Crippen molar-refractivity contribution in [3.05, 3.63) is 16.1 Å². The molecule has 1 aromatic heterocycles. The van der Waals surface area contributed by atoms with Gasteiger partial charge in [0.2, 0.25) is 5.91 Å². The second-order valence-electron chi connectivity index (χ2n) is 4.13. The lowest BCUT2D eigenvalue weighted by Gasteiger charge is -2.32. The van der Waals surface area contributed by atoms with Gasteiger partial charge in [0.05, 0.1) is 5.01 Å². The van der Waals surface area contributed by atoms with Gasteiger partial charge in [-0.25, -0.2) is 4.98 Å². The molecule has 0 radical (unpaired) electrons. The van der Waals surface area contributed by atoms with Crippen LogP contribution in [0.4, 0.5) is 0 Å². The number of piperazine rings is 1. The fraction of sp³-hybridized carbons (Fsp3) is 0.545. The molecule has 0 spiro atoms. The first-order chi connectivity index (χ1) is 8.63. The summed E-state index contributed by atoms with van der Waals surface area (Å²) in [6.07, 6.45) is 0.675. The molecule has 2 heterocycles. The Morgan fingerprint density at radius 2 is 2.50 bits per heavy atom. The average molecular weight is 268 g/mol. The number of nitrogens with two attached hydrogens (primary N) is 1. The lowest BCUT2D eigenvalue weighted by Crippen LogP contribution is -2.55. The zero-order valence-electron chi connectivity index (χ0n) is 10.2. The molecule has 1 aromatic rings. The number of aromatic nitrogens is 1. The van der Waals surface area contributed by atoms with Crippen LogP contribution in [0.2, 0.25) is 0 Å². The molecular formula is C11H16N4O2S. The molecule has 6 nitrogen and oxygen atoms in total. The number of hydrogen-bond acceptors (Lipinski definition) is 5. The Morgan fingerprint density at radius 3 is 3.22 bits per heavy atom. The van der Waals surface area contributed by atoms with Gasteiger partial charge in [0, 0.05) is 24.9 Å². The Bertz CT molecular complexity index is 460. The Balaban J connectivity index is 2.12. The van der Waals surface area contributed by atoms with Gasteiger partial charge >= 0.3 is 0 Å². The third-order valence-corrected chi connectivity index (χ3v) is 3.80. The van der Waals surface area contributed by atoms with E-state index in [-0.39, 0.29) is 11.8 Å². The molecule has 2 rings (SSSR count). The van der Waals surface area contributed by atoms with E-state index in [4.69, 9.17) is 5.73 Å². The molecule has 1 fully saturated rings. The molecule has 98 valence electrons. The summed E-state index contributed by atoms with van der Waals surface area (Å²) in [5.74, 6) is -0.302. The van der Waals surface area contributed by atoms with E-state index in [2.05, 4.69) is 10.3 Å². The van der Waals surface area contributed by atoms with Crippen LogP contribution >= 0.6 is 11.3 Å². The molecule has 2 amide bonds. The Kier molecular flexibility index (Phi) is 3.93. The highest BCUT2D eigenvalue weighted by atomic mass is 32.1. The zero-order chi connectivity index (χ0) is 13.1. The number of amides is 2. The van der Waals surface area contributed by atoms with Crippen LogP contribution in [-0.2, 0) is 11.2 Å². The smallest absolute Gasteiger partial charge is 0.274 e. The number of thiazole rings is 1. The van der Waals surface area contributed by atoms with Gasteiger partial charge in [0.25, 0.3) is 5.91 Å². The fourth-order valence-electron chi connectivity index (χ4n) is 1.85. The van der Waals surface area contributed by atoms with Crippen molar-refractivity contribution in [1.29, 1.82) is 0 Å². The summed E-state index contributed by atoms with van der Waals surface area (Å²) in [7, 11) is 0. The van der Waals surface area contributed by atoms with E-state index in [0.717, 1.165) is 5.01 Å². The fourth-order valence-corrected chi connectivity index (χ4v) is 2.64. The van der Waals surface area contributed by atoms with E-state index in [0.29, 0.717) is 31.7 Å². The van der Waals surface area contributed by atoms with Crippen molar-refractivity contribution in [1.82, 2.24) is 15.2 Å². The summed E-state index contributed by atoms with van der Waals surface area (Å²) >= 11 is 1.43. The summed E-state index contributed by atoms with van der Waals surface area (Å²) in [6.45, 7) is 3.26. The summed E-state index contributed by atoms with van der Waals surface area (Å²) in [5.41, 5.74) is 5.85. The molecular weight excluding hydrogens is 252 g/mol. The van der Waals surface area contributed by atoms with Crippen molar-refractivity contribution in [3.63, 3.8) is 0 Å². The first-order valence-corrected chi connectivity index (χ1v) is 6.74. The Morgan fingerprint density at radius 1 is 1.72 bits per heavy atom. The molecule has 1 aliphatic rings. The number of nitrogens with zero attached hydrogens (tertiary/aromatic N) is 2. The van der Waals surface area contributed by atoms with Crippen LogP contribution in [0.5, 0.6) is 0 Å². The number of carbonyl (C=O) groups is 2. The number of rotatable bonds is 3. The maximum absolute atomic E-state index is 12.2. The SMILES string of the molecule is CC1C(=O)NCCN1C(=O)c1csc(CCN)n1. The Hall–Kier alpha value is -1.47. The van der Waals surface area contributed by atoms with Gasteiger partial charge in [-0.3, -0.25) is 9.59 Å². The monoisotopic (exact) mass is 268 g/mol. The van der Waals surface area contributed by atoms with Crippen LogP contribution in [0.25, 0.3) is 0 Å². The third kappa shape index (κ3) is 2.51. The van der Waals surface area contributed by atoms with E-state index in [9.17, 15) is 9.59 Å². The third-order valence-electron chi connectivity index (χ3n) is 2.89. The van der Waals surface area contributed by atoms with E-state index >= 15 is 0 Å². The number of nitrogens with one attached hydrogen (secondary N) is 1. The van der Waals surface area contributed by atoms with E-state index in [1.54, 1.807) is 17.2 Å². The van der Waals surface area contributed by atoms with Crippen LogP contribution in [0, 0.1) is 0 Å². The van der Waals surface area contributed by atoms with Gasteiger partial charge in [-0.2, -0.15) is 0 Å². The van der Waals surface area contributed by atoms with Crippen molar-refractivity contribution >= 4 is 23.2 Å². The topological polar surface area (TPSA) is 88.3 Å². The zero-order valence-corrected chi connectivity index (χ0v) is 11.0. The van der Waals surface area contributed by atoms with Gasteiger partial charge in [0.1, 0.15) is 11.7 Å². The van der Waals surface area contributed by atoms with E-state index in [1.165, 1.54) is 11.3 Å². The minimum atomic E-state index is -0.439. The summed E-state index contributed by atoms with van der Waals surface area (Å²) < 4.78 is 0. The standard InChI is InChI=1S/C11H16N4O2S/c1-7-10(16)13-4-5-15(7)11(17)8-6-18-9(14-8)2-3-12/h6-7H,2-5,12H2,1H3,(H,13,16). The van der Waals surface area contributed by atoms with Gasteiger partial charge in [0.15, 0.2) is 0 Å². The molecule has 1 saturated heterocycles. The molecule has 1 atom stereocenters. The maximum Gasteiger partial charge on any atom is 0.274 e. The normalized spacial score (nSPS) is 19.8. The van der Waals surface area contributed by atoms with Gasteiger partial charge in [-0.15, -0.1) is 11.3 Å².